The zero-order chi connectivity index (χ0) is 29.8. The number of nitrogens with one attached hydrogen (secondary N) is 2. The van der Waals surface area contributed by atoms with Crippen LogP contribution in [0.3, 0.4) is 0 Å². The summed E-state index contributed by atoms with van der Waals surface area (Å²) in [5.74, 6) is 1.40. The van der Waals surface area contributed by atoms with E-state index in [0.29, 0.717) is 51.2 Å². The minimum Gasteiger partial charge on any atom is -0.395 e. The number of rotatable bonds is 6. The number of nitrogens with zero attached hydrogens (tertiary/aromatic N) is 8. The Bertz CT molecular complexity index is 1720. The van der Waals surface area contributed by atoms with Gasteiger partial charge in [-0.25, -0.2) is 25.4 Å². The van der Waals surface area contributed by atoms with E-state index >= 15 is 0 Å². The van der Waals surface area contributed by atoms with Crippen LogP contribution in [0.1, 0.15) is 10.4 Å². The van der Waals surface area contributed by atoms with Gasteiger partial charge in [0.1, 0.15) is 0 Å². The van der Waals surface area contributed by atoms with Crippen LogP contribution < -0.4 is 20.1 Å². The molecule has 2 fully saturated rings. The van der Waals surface area contributed by atoms with E-state index in [9.17, 15) is 4.79 Å². The van der Waals surface area contributed by atoms with Crippen molar-refractivity contribution in [3.63, 3.8) is 0 Å². The standard InChI is InChI=1S/C26H26N10O4S.OS/c37-25(33-38)16-13-27-26(28-14-16)35-4-6-36(7-5-35)40-21-12-20-22(41-21)24(34-8-10-39-11-9-34)31-23(30-20)17-2-1-3-19-18(17)15-29-32-19;1-2/h1-3,12-15,38H,4-11H2,(H,29,32)(H,33,37);. The molecule has 43 heavy (non-hydrogen) atoms. The molecule has 0 bridgehead atoms. The van der Waals surface area contributed by atoms with E-state index in [-0.39, 0.29) is 5.56 Å². The average molecular weight is 623 g/mol. The number of morpholine rings is 1. The second kappa shape index (κ2) is 12.8. The largest absolute Gasteiger partial charge is 0.395 e. The highest BCUT2D eigenvalue weighted by molar-refractivity contribution is 7.44. The van der Waals surface area contributed by atoms with Crippen LogP contribution in [0.5, 0.6) is 5.06 Å². The summed E-state index contributed by atoms with van der Waals surface area (Å²) >= 11 is 4.37. The lowest BCUT2D eigenvalue weighted by molar-refractivity contribution is -0.0584. The number of hydrogen-bond donors (Lipinski definition) is 3. The van der Waals surface area contributed by atoms with Gasteiger partial charge in [-0.1, -0.05) is 23.5 Å². The molecule has 17 heteroatoms. The maximum Gasteiger partial charge on any atom is 0.277 e. The minimum atomic E-state index is -0.648. The number of aromatic nitrogens is 6. The van der Waals surface area contributed by atoms with Gasteiger partial charge in [0.15, 0.2) is 24.2 Å². The fourth-order valence-corrected chi connectivity index (χ4v) is 5.97. The molecule has 0 spiro atoms. The van der Waals surface area contributed by atoms with Crippen molar-refractivity contribution >= 4 is 62.7 Å². The van der Waals surface area contributed by atoms with E-state index < -0.39 is 5.91 Å². The molecular weight excluding hydrogens is 596 g/mol. The van der Waals surface area contributed by atoms with Gasteiger partial charge in [0.2, 0.25) is 11.0 Å². The highest BCUT2D eigenvalue weighted by Crippen LogP contribution is 2.39. The number of ether oxygens (including phenoxy) is 1. The molecule has 2 aliphatic heterocycles. The van der Waals surface area contributed by atoms with Crippen molar-refractivity contribution in [1.29, 1.82) is 0 Å². The van der Waals surface area contributed by atoms with E-state index in [0.717, 1.165) is 50.7 Å². The van der Waals surface area contributed by atoms with Crippen LogP contribution in [0.15, 0.2) is 42.9 Å². The van der Waals surface area contributed by atoms with Crippen LogP contribution in [-0.2, 0) is 17.3 Å². The third-order valence-corrected chi connectivity index (χ3v) is 8.10. The Morgan fingerprint density at radius 2 is 1.79 bits per heavy atom. The van der Waals surface area contributed by atoms with Crippen LogP contribution in [0, 0.1) is 0 Å². The number of hydrogen-bond acceptors (Lipinski definition) is 15. The molecule has 0 saturated carbocycles. The van der Waals surface area contributed by atoms with Crippen LogP contribution in [0.4, 0.5) is 11.8 Å². The number of benzene rings is 1. The zero-order valence-electron chi connectivity index (χ0n) is 22.7. The summed E-state index contributed by atoms with van der Waals surface area (Å²) in [5, 5.41) is 19.6. The van der Waals surface area contributed by atoms with Crippen LogP contribution in [0.25, 0.3) is 32.5 Å². The van der Waals surface area contributed by atoms with Crippen molar-refractivity contribution in [2.24, 2.45) is 0 Å². The number of H-pyrrole nitrogens is 1. The van der Waals surface area contributed by atoms with E-state index in [1.807, 2.05) is 34.2 Å². The van der Waals surface area contributed by atoms with Crippen molar-refractivity contribution in [3.8, 4) is 16.5 Å². The smallest absolute Gasteiger partial charge is 0.277 e. The predicted octanol–water partition coefficient (Wildman–Crippen LogP) is 1.76. The summed E-state index contributed by atoms with van der Waals surface area (Å²) in [6, 6.07) is 7.96. The molecule has 1 amide bonds. The molecule has 0 radical (unpaired) electrons. The molecule has 1 aromatic carbocycles. The van der Waals surface area contributed by atoms with E-state index in [1.54, 1.807) is 11.7 Å². The summed E-state index contributed by atoms with van der Waals surface area (Å²) in [6.45, 7) is 5.37. The molecule has 2 aliphatic rings. The summed E-state index contributed by atoms with van der Waals surface area (Å²) in [4.78, 5) is 40.6. The summed E-state index contributed by atoms with van der Waals surface area (Å²) in [5.41, 5.74) is 4.46. The maximum absolute atomic E-state index is 11.5. The minimum absolute atomic E-state index is 0.187. The molecule has 0 atom stereocenters. The SMILES string of the molecule is O=C(NO)c1cnc(N2CCN(Oc3cc4nc(-c5cccc6[nH]ncc56)nc(N5CCOCC5)c4s3)CC2)nc1.O=S. The first-order valence-electron chi connectivity index (χ1n) is 13.3. The Balaban J connectivity index is 0.00000161. The molecule has 6 heterocycles. The number of aromatic amines is 1. The first-order chi connectivity index (χ1) is 21.2. The normalized spacial score (nSPS) is 15.7. The van der Waals surface area contributed by atoms with Gasteiger partial charge in [0.05, 0.1) is 53.8 Å². The molecular formula is C26H26N10O5S2. The van der Waals surface area contributed by atoms with Gasteiger partial charge >= 0.3 is 0 Å². The number of thiophene rings is 1. The lowest BCUT2D eigenvalue weighted by Crippen LogP contribution is -2.48. The third-order valence-electron chi connectivity index (χ3n) is 7.11. The number of anilines is 2. The number of amides is 1. The van der Waals surface area contributed by atoms with Gasteiger partial charge in [0.25, 0.3) is 5.91 Å². The van der Waals surface area contributed by atoms with Gasteiger partial charge in [-0.15, -0.1) is 5.06 Å². The monoisotopic (exact) mass is 622 g/mol. The van der Waals surface area contributed by atoms with Crippen molar-refractivity contribution in [3.05, 3.63) is 48.4 Å². The molecule has 5 aromatic rings. The summed E-state index contributed by atoms with van der Waals surface area (Å²) in [6.07, 6.45) is 4.59. The second-order valence-electron chi connectivity index (χ2n) is 9.61. The average Bonchev–Trinajstić information content (AvgIpc) is 3.72. The highest BCUT2D eigenvalue weighted by Gasteiger charge is 2.24. The van der Waals surface area contributed by atoms with E-state index in [2.05, 4.69) is 37.6 Å². The Morgan fingerprint density at radius 1 is 1.02 bits per heavy atom. The van der Waals surface area contributed by atoms with E-state index in [4.69, 9.17) is 29.0 Å². The Hall–Kier alpha value is -4.42. The molecule has 15 nitrogen and oxygen atoms in total. The number of fused-ring (bicyclic) bond motifs is 2. The predicted molar refractivity (Wildman–Crippen MR) is 159 cm³/mol. The fraction of sp³-hybridized carbons (Fsp3) is 0.308. The molecule has 3 N–H and O–H groups in total. The Morgan fingerprint density at radius 3 is 2.53 bits per heavy atom. The molecule has 7 rings (SSSR count). The number of hydroxylamine groups is 3. The van der Waals surface area contributed by atoms with Crippen molar-refractivity contribution < 1.29 is 23.8 Å². The van der Waals surface area contributed by atoms with Crippen LogP contribution in [0.2, 0.25) is 0 Å². The third kappa shape index (κ3) is 5.93. The fourth-order valence-electron chi connectivity index (χ4n) is 4.98. The number of piperazine rings is 1. The van der Waals surface area contributed by atoms with Crippen molar-refractivity contribution in [2.45, 2.75) is 0 Å². The Labute approximate surface area is 253 Å². The van der Waals surface area contributed by atoms with Crippen LogP contribution in [-0.4, -0.2) is 103 Å². The van der Waals surface area contributed by atoms with Gasteiger partial charge < -0.3 is 19.4 Å². The van der Waals surface area contributed by atoms with E-state index in [1.165, 1.54) is 23.7 Å². The zero-order valence-corrected chi connectivity index (χ0v) is 24.3. The lowest BCUT2D eigenvalue weighted by atomic mass is 10.1. The molecule has 2 saturated heterocycles. The molecule has 0 aliphatic carbocycles. The first kappa shape index (κ1) is 28.7. The first-order valence-corrected chi connectivity index (χ1v) is 14.5. The van der Waals surface area contributed by atoms with Crippen molar-refractivity contribution in [1.82, 2.24) is 40.7 Å². The van der Waals surface area contributed by atoms with Gasteiger partial charge in [-0.2, -0.15) is 9.31 Å². The summed E-state index contributed by atoms with van der Waals surface area (Å²) < 4.78 is 14.4. The van der Waals surface area contributed by atoms with Gasteiger partial charge in [0, 0.05) is 55.6 Å². The quantitative estimate of drug-likeness (QED) is 0.184. The highest BCUT2D eigenvalue weighted by atomic mass is 32.1. The maximum atomic E-state index is 11.5. The second-order valence-corrected chi connectivity index (χ2v) is 10.6. The van der Waals surface area contributed by atoms with Gasteiger partial charge in [-0.05, 0) is 6.07 Å². The van der Waals surface area contributed by atoms with Gasteiger partial charge in [-0.3, -0.25) is 15.1 Å². The number of carbonyl (C=O) groups is 1. The number of carbonyl (C=O) groups excluding carboxylic acids is 1. The molecule has 4 aromatic heterocycles. The van der Waals surface area contributed by atoms with Crippen molar-refractivity contribution in [2.75, 3.05) is 62.3 Å². The molecule has 0 unspecified atom stereocenters. The van der Waals surface area contributed by atoms with Crippen LogP contribution >= 0.6 is 11.3 Å². The lowest BCUT2D eigenvalue weighted by Gasteiger charge is -2.33. The summed E-state index contributed by atoms with van der Waals surface area (Å²) in [7, 11) is 0. The topological polar surface area (TPSA) is 175 Å². The Kier molecular flexibility index (Phi) is 8.57. The molecule has 222 valence electrons.